The molecule has 0 saturated heterocycles. The zero-order valence-corrected chi connectivity index (χ0v) is 13.5. The molecule has 0 aliphatic heterocycles. The van der Waals surface area contributed by atoms with Gasteiger partial charge in [-0.05, 0) is 32.3 Å². The summed E-state index contributed by atoms with van der Waals surface area (Å²) in [4.78, 5) is 2.15. The molecule has 21 heavy (non-hydrogen) atoms. The highest BCUT2D eigenvalue weighted by molar-refractivity contribution is 5.85. The molecule has 3 aromatic rings. The molecule has 0 bridgehead atoms. The second-order valence-corrected chi connectivity index (χ2v) is 4.78. The fourth-order valence-corrected chi connectivity index (χ4v) is 2.04. The first-order valence-electron chi connectivity index (χ1n) is 6.19. The van der Waals surface area contributed by atoms with Crippen LogP contribution in [-0.2, 0) is 6.54 Å². The predicted molar refractivity (Wildman–Crippen MR) is 87.7 cm³/mol. The highest BCUT2D eigenvalue weighted by atomic mass is 35.5. The second kappa shape index (κ2) is 7.40. The summed E-state index contributed by atoms with van der Waals surface area (Å²) in [7, 11) is 4.13. The van der Waals surface area contributed by atoms with Crippen molar-refractivity contribution >= 4 is 35.7 Å². The van der Waals surface area contributed by atoms with E-state index in [1.807, 2.05) is 15.4 Å². The summed E-state index contributed by atoms with van der Waals surface area (Å²) in [6.45, 7) is 1.87. The highest BCUT2D eigenvalue weighted by Crippen LogP contribution is 2.18. The summed E-state index contributed by atoms with van der Waals surface area (Å²) >= 11 is 0. The third kappa shape index (κ3) is 3.72. The quantitative estimate of drug-likeness (QED) is 0.735. The van der Waals surface area contributed by atoms with Gasteiger partial charge in [0, 0.05) is 17.6 Å². The molecule has 6 nitrogen and oxygen atoms in total. The number of nitrogens with zero attached hydrogens (tertiary/aromatic N) is 6. The van der Waals surface area contributed by atoms with Gasteiger partial charge in [-0.2, -0.15) is 5.10 Å². The Morgan fingerprint density at radius 3 is 2.48 bits per heavy atom. The summed E-state index contributed by atoms with van der Waals surface area (Å²) in [5.41, 5.74) is 2.20. The lowest BCUT2D eigenvalue weighted by atomic mass is 10.2. The van der Waals surface area contributed by atoms with Crippen molar-refractivity contribution in [2.75, 3.05) is 20.6 Å². The van der Waals surface area contributed by atoms with E-state index in [2.05, 4.69) is 52.5 Å². The number of halogens is 2. The van der Waals surface area contributed by atoms with Crippen molar-refractivity contribution < 1.29 is 0 Å². The predicted octanol–water partition coefficient (Wildman–Crippen LogP) is 2.02. The Bertz CT molecular complexity index is 677. The molecule has 0 atom stereocenters. The average molecular weight is 329 g/mol. The first kappa shape index (κ1) is 17.4. The number of rotatable bonds is 4. The molecule has 1 aromatic carbocycles. The van der Waals surface area contributed by atoms with Gasteiger partial charge in [-0.15, -0.1) is 35.0 Å². The lowest BCUT2D eigenvalue weighted by Crippen LogP contribution is -2.18. The van der Waals surface area contributed by atoms with E-state index < -0.39 is 0 Å². The van der Waals surface area contributed by atoms with Crippen LogP contribution >= 0.6 is 24.8 Å². The molecule has 0 amide bonds. The van der Waals surface area contributed by atoms with Gasteiger partial charge < -0.3 is 4.90 Å². The van der Waals surface area contributed by atoms with Crippen molar-refractivity contribution in [3.05, 3.63) is 37.1 Å². The van der Waals surface area contributed by atoms with Crippen LogP contribution in [0.5, 0.6) is 0 Å². The maximum Gasteiger partial charge on any atom is 0.123 e. The molecular weight excluding hydrogens is 311 g/mol. The SMILES string of the molecule is CN(C)CCn1ncc2cc(-n3cnnc3)ccc21.Cl.Cl. The van der Waals surface area contributed by atoms with Gasteiger partial charge in [-0.25, -0.2) is 0 Å². The molecule has 114 valence electrons. The molecule has 0 saturated carbocycles. The first-order chi connectivity index (χ1) is 9.24. The molecule has 0 unspecified atom stereocenters. The van der Waals surface area contributed by atoms with Crippen molar-refractivity contribution in [2.45, 2.75) is 6.54 Å². The van der Waals surface area contributed by atoms with Gasteiger partial charge in [0.05, 0.1) is 18.3 Å². The van der Waals surface area contributed by atoms with E-state index in [4.69, 9.17) is 0 Å². The zero-order chi connectivity index (χ0) is 13.2. The minimum atomic E-state index is 0. The minimum Gasteiger partial charge on any atom is -0.308 e. The minimum absolute atomic E-state index is 0. The van der Waals surface area contributed by atoms with Gasteiger partial charge in [-0.1, -0.05) is 0 Å². The van der Waals surface area contributed by atoms with Gasteiger partial charge in [0.25, 0.3) is 0 Å². The normalized spacial score (nSPS) is 10.4. The van der Waals surface area contributed by atoms with E-state index in [1.165, 1.54) is 0 Å². The first-order valence-corrected chi connectivity index (χ1v) is 6.19. The lowest BCUT2D eigenvalue weighted by Gasteiger charge is -2.10. The third-order valence-electron chi connectivity index (χ3n) is 3.10. The summed E-state index contributed by atoms with van der Waals surface area (Å²) in [6.07, 6.45) is 5.29. The number of fused-ring (bicyclic) bond motifs is 1. The molecule has 0 aliphatic carbocycles. The number of aromatic nitrogens is 5. The molecule has 0 N–H and O–H groups in total. The van der Waals surface area contributed by atoms with Crippen molar-refractivity contribution in [2.24, 2.45) is 0 Å². The molecule has 0 aliphatic rings. The monoisotopic (exact) mass is 328 g/mol. The van der Waals surface area contributed by atoms with E-state index in [0.717, 1.165) is 29.7 Å². The van der Waals surface area contributed by atoms with Gasteiger partial charge in [-0.3, -0.25) is 9.25 Å². The number of likely N-dealkylation sites (N-methyl/N-ethyl adjacent to an activating group) is 1. The average Bonchev–Trinajstić information content (AvgIpc) is 3.05. The van der Waals surface area contributed by atoms with Crippen LogP contribution in [0, 0.1) is 0 Å². The Hall–Kier alpha value is -1.63. The Balaban J connectivity index is 0.00000110. The van der Waals surface area contributed by atoms with Crippen LogP contribution in [0.2, 0.25) is 0 Å². The highest BCUT2D eigenvalue weighted by Gasteiger charge is 2.05. The van der Waals surface area contributed by atoms with Crippen molar-refractivity contribution in [1.29, 1.82) is 0 Å². The Morgan fingerprint density at radius 2 is 1.81 bits per heavy atom. The smallest absolute Gasteiger partial charge is 0.123 e. The Labute approximate surface area is 135 Å². The maximum atomic E-state index is 4.44. The van der Waals surface area contributed by atoms with Crippen molar-refractivity contribution in [3.63, 3.8) is 0 Å². The van der Waals surface area contributed by atoms with Gasteiger partial charge in [0.2, 0.25) is 0 Å². The molecule has 3 rings (SSSR count). The molecule has 8 heteroatoms. The van der Waals surface area contributed by atoms with Crippen molar-refractivity contribution in [1.82, 2.24) is 29.4 Å². The standard InChI is InChI=1S/C13H16N6.2ClH/c1-17(2)5-6-19-13-4-3-12(7-11(13)8-16-19)18-9-14-15-10-18;;/h3-4,7-10H,5-6H2,1-2H3;2*1H. The van der Waals surface area contributed by atoms with Gasteiger partial charge in [0.15, 0.2) is 0 Å². The van der Waals surface area contributed by atoms with Crippen LogP contribution in [0.15, 0.2) is 37.1 Å². The van der Waals surface area contributed by atoms with E-state index in [-0.39, 0.29) is 24.8 Å². The maximum absolute atomic E-state index is 4.44. The van der Waals surface area contributed by atoms with Crippen LogP contribution in [0.25, 0.3) is 16.6 Å². The number of benzene rings is 1. The molecule has 0 spiro atoms. The number of hydrogen-bond acceptors (Lipinski definition) is 4. The topological polar surface area (TPSA) is 51.8 Å². The van der Waals surface area contributed by atoms with E-state index in [0.29, 0.717) is 0 Å². The van der Waals surface area contributed by atoms with Crippen LogP contribution < -0.4 is 0 Å². The Kier molecular flexibility index (Phi) is 6.14. The molecule has 0 fully saturated rings. The third-order valence-corrected chi connectivity index (χ3v) is 3.10. The van der Waals surface area contributed by atoms with Gasteiger partial charge in [0.1, 0.15) is 12.7 Å². The molecule has 2 aromatic heterocycles. The fourth-order valence-electron chi connectivity index (χ4n) is 2.04. The van der Waals surface area contributed by atoms with Crippen LogP contribution in [0.4, 0.5) is 0 Å². The molecule has 2 heterocycles. The summed E-state index contributed by atoms with van der Waals surface area (Å²) in [6, 6.07) is 6.24. The van der Waals surface area contributed by atoms with Gasteiger partial charge >= 0.3 is 0 Å². The van der Waals surface area contributed by atoms with E-state index in [9.17, 15) is 0 Å². The molecule has 0 radical (unpaired) electrons. The van der Waals surface area contributed by atoms with Crippen LogP contribution in [0.1, 0.15) is 0 Å². The lowest BCUT2D eigenvalue weighted by molar-refractivity contribution is 0.377. The van der Waals surface area contributed by atoms with Crippen LogP contribution in [0.3, 0.4) is 0 Å². The van der Waals surface area contributed by atoms with E-state index in [1.54, 1.807) is 12.7 Å². The largest absolute Gasteiger partial charge is 0.308 e. The summed E-state index contributed by atoms with van der Waals surface area (Å²) in [5, 5.41) is 13.2. The zero-order valence-electron chi connectivity index (χ0n) is 11.9. The number of hydrogen-bond donors (Lipinski definition) is 0. The van der Waals surface area contributed by atoms with E-state index >= 15 is 0 Å². The second-order valence-electron chi connectivity index (χ2n) is 4.78. The fraction of sp³-hybridized carbons (Fsp3) is 0.308. The molecular formula is C13H18Cl2N6. The Morgan fingerprint density at radius 1 is 1.10 bits per heavy atom. The van der Waals surface area contributed by atoms with Crippen molar-refractivity contribution in [3.8, 4) is 5.69 Å². The summed E-state index contributed by atoms with van der Waals surface area (Å²) in [5.74, 6) is 0. The van der Waals surface area contributed by atoms with Crippen LogP contribution in [-0.4, -0.2) is 50.1 Å². The summed E-state index contributed by atoms with van der Waals surface area (Å²) < 4.78 is 3.92.